The SMILES string of the molecule is O=C(O)c1ccc(CN2CCN(C3=Nc4ccccc4Cc4ccccc43)CC2)cc1. The van der Waals surface area contributed by atoms with Crippen molar-refractivity contribution in [2.24, 2.45) is 4.99 Å². The van der Waals surface area contributed by atoms with Gasteiger partial charge in [0, 0.05) is 44.7 Å². The molecule has 0 atom stereocenters. The highest BCUT2D eigenvalue weighted by atomic mass is 16.4. The van der Waals surface area contributed by atoms with Crippen molar-refractivity contribution < 1.29 is 9.90 Å². The first-order valence-corrected chi connectivity index (χ1v) is 10.7. The van der Waals surface area contributed by atoms with Crippen LogP contribution >= 0.6 is 0 Å². The molecule has 5 nitrogen and oxygen atoms in total. The van der Waals surface area contributed by atoms with Gasteiger partial charge in [-0.15, -0.1) is 0 Å². The van der Waals surface area contributed by atoms with Gasteiger partial charge in [0.2, 0.25) is 0 Å². The fraction of sp³-hybridized carbons (Fsp3) is 0.231. The number of hydrogen-bond donors (Lipinski definition) is 1. The van der Waals surface area contributed by atoms with Crippen LogP contribution in [0.15, 0.2) is 77.8 Å². The van der Waals surface area contributed by atoms with Gasteiger partial charge in [0.15, 0.2) is 0 Å². The Bertz CT molecular complexity index is 1130. The Morgan fingerprint density at radius 2 is 1.52 bits per heavy atom. The molecule has 0 bridgehead atoms. The van der Waals surface area contributed by atoms with Gasteiger partial charge in [-0.2, -0.15) is 0 Å². The summed E-state index contributed by atoms with van der Waals surface area (Å²) >= 11 is 0. The monoisotopic (exact) mass is 411 g/mol. The standard InChI is InChI=1S/C26H25N3O2/c30-26(31)20-11-9-19(10-12-20)18-28-13-15-29(16-14-28)25-23-7-3-1-5-21(23)17-22-6-2-4-8-24(22)27-25/h1-12H,13-18H2,(H,30,31). The maximum atomic E-state index is 11.1. The number of carbonyl (C=O) groups is 1. The number of piperazine rings is 1. The van der Waals surface area contributed by atoms with Gasteiger partial charge in [-0.3, -0.25) is 4.90 Å². The molecule has 1 saturated heterocycles. The third-order valence-corrected chi connectivity index (χ3v) is 6.14. The number of fused-ring (bicyclic) bond motifs is 2. The topological polar surface area (TPSA) is 56.1 Å². The first-order chi connectivity index (χ1) is 15.2. The molecule has 1 fully saturated rings. The van der Waals surface area contributed by atoms with E-state index in [2.05, 4.69) is 58.3 Å². The van der Waals surface area contributed by atoms with Gasteiger partial charge in [-0.05, 0) is 34.9 Å². The lowest BCUT2D eigenvalue weighted by Gasteiger charge is -2.36. The highest BCUT2D eigenvalue weighted by Crippen LogP contribution is 2.29. The smallest absolute Gasteiger partial charge is 0.335 e. The van der Waals surface area contributed by atoms with Gasteiger partial charge in [-0.25, -0.2) is 9.79 Å². The van der Waals surface area contributed by atoms with Crippen molar-refractivity contribution >= 4 is 17.5 Å². The molecule has 0 radical (unpaired) electrons. The third kappa shape index (κ3) is 4.09. The summed E-state index contributed by atoms with van der Waals surface area (Å²) in [6.45, 7) is 4.57. The molecule has 3 aromatic rings. The van der Waals surface area contributed by atoms with E-state index in [1.807, 2.05) is 12.1 Å². The highest BCUT2D eigenvalue weighted by Gasteiger charge is 2.24. The number of para-hydroxylation sites is 1. The fourth-order valence-corrected chi connectivity index (χ4v) is 4.41. The van der Waals surface area contributed by atoms with Crippen molar-refractivity contribution in [2.45, 2.75) is 13.0 Å². The zero-order valence-electron chi connectivity index (χ0n) is 17.4. The minimum Gasteiger partial charge on any atom is -0.478 e. The number of rotatable bonds is 3. The van der Waals surface area contributed by atoms with Gasteiger partial charge in [0.25, 0.3) is 0 Å². The Kier molecular flexibility index (Phi) is 5.26. The fourth-order valence-electron chi connectivity index (χ4n) is 4.41. The number of carboxylic acids is 1. The van der Waals surface area contributed by atoms with Crippen LogP contribution < -0.4 is 0 Å². The first-order valence-electron chi connectivity index (χ1n) is 10.7. The molecule has 0 aromatic heterocycles. The molecule has 5 heteroatoms. The van der Waals surface area contributed by atoms with E-state index in [-0.39, 0.29) is 0 Å². The van der Waals surface area contributed by atoms with Crippen LogP contribution in [0.4, 0.5) is 5.69 Å². The van der Waals surface area contributed by atoms with E-state index < -0.39 is 5.97 Å². The third-order valence-electron chi connectivity index (χ3n) is 6.14. The number of nitrogens with zero attached hydrogens (tertiary/aromatic N) is 3. The van der Waals surface area contributed by atoms with E-state index in [0.29, 0.717) is 5.56 Å². The van der Waals surface area contributed by atoms with Gasteiger partial charge in [0.1, 0.15) is 5.84 Å². The zero-order chi connectivity index (χ0) is 21.2. The summed E-state index contributed by atoms with van der Waals surface area (Å²) in [7, 11) is 0. The summed E-state index contributed by atoms with van der Waals surface area (Å²) in [5.74, 6) is 0.192. The van der Waals surface area contributed by atoms with Gasteiger partial charge < -0.3 is 10.0 Å². The van der Waals surface area contributed by atoms with Gasteiger partial charge in [-0.1, -0.05) is 54.6 Å². The van der Waals surface area contributed by atoms with Gasteiger partial charge >= 0.3 is 5.97 Å². The summed E-state index contributed by atoms with van der Waals surface area (Å²) in [6.07, 6.45) is 0.908. The number of carboxylic acid groups (broad SMARTS) is 1. The molecule has 5 rings (SSSR count). The van der Waals surface area contributed by atoms with E-state index in [1.54, 1.807) is 12.1 Å². The van der Waals surface area contributed by atoms with Crippen LogP contribution in [-0.4, -0.2) is 52.9 Å². The molecule has 0 unspecified atom stereocenters. The van der Waals surface area contributed by atoms with E-state index >= 15 is 0 Å². The van der Waals surface area contributed by atoms with E-state index in [4.69, 9.17) is 10.1 Å². The summed E-state index contributed by atoms with van der Waals surface area (Å²) in [4.78, 5) is 21.0. The van der Waals surface area contributed by atoms with Crippen LogP contribution in [-0.2, 0) is 13.0 Å². The Labute approximate surface area is 182 Å². The molecule has 1 N–H and O–H groups in total. The van der Waals surface area contributed by atoms with Crippen LogP contribution in [0.3, 0.4) is 0 Å². The molecule has 3 aromatic carbocycles. The van der Waals surface area contributed by atoms with Crippen molar-refractivity contribution in [2.75, 3.05) is 26.2 Å². The molecule has 31 heavy (non-hydrogen) atoms. The lowest BCUT2D eigenvalue weighted by atomic mass is 9.99. The van der Waals surface area contributed by atoms with Crippen molar-refractivity contribution in [3.8, 4) is 0 Å². The van der Waals surface area contributed by atoms with E-state index in [1.165, 1.54) is 16.7 Å². The van der Waals surface area contributed by atoms with Gasteiger partial charge in [0.05, 0.1) is 11.3 Å². The minimum atomic E-state index is -0.883. The molecular weight excluding hydrogens is 386 g/mol. The summed E-state index contributed by atoms with van der Waals surface area (Å²) < 4.78 is 0. The molecule has 0 amide bonds. The number of aromatic carboxylic acids is 1. The Hall–Kier alpha value is -3.44. The molecule has 2 aliphatic heterocycles. The molecule has 0 saturated carbocycles. The molecule has 156 valence electrons. The van der Waals surface area contributed by atoms with E-state index in [9.17, 15) is 4.79 Å². The van der Waals surface area contributed by atoms with Crippen molar-refractivity contribution in [1.82, 2.24) is 9.80 Å². The quantitative estimate of drug-likeness (QED) is 0.702. The highest BCUT2D eigenvalue weighted by molar-refractivity contribution is 6.02. The summed E-state index contributed by atoms with van der Waals surface area (Å²) in [5.41, 5.74) is 6.37. The molecular formula is C26H25N3O2. The van der Waals surface area contributed by atoms with Crippen LogP contribution in [0.1, 0.15) is 32.6 Å². The van der Waals surface area contributed by atoms with Crippen LogP contribution in [0.25, 0.3) is 0 Å². The van der Waals surface area contributed by atoms with Crippen LogP contribution in [0, 0.1) is 0 Å². The number of hydrogen-bond acceptors (Lipinski definition) is 4. The van der Waals surface area contributed by atoms with Crippen molar-refractivity contribution in [3.63, 3.8) is 0 Å². The Morgan fingerprint density at radius 3 is 2.26 bits per heavy atom. The number of benzene rings is 3. The first kappa shape index (κ1) is 19.5. The second-order valence-corrected chi connectivity index (χ2v) is 8.16. The lowest BCUT2D eigenvalue weighted by Crippen LogP contribution is -2.48. The van der Waals surface area contributed by atoms with E-state index in [0.717, 1.165) is 56.2 Å². The largest absolute Gasteiger partial charge is 0.478 e. The predicted octanol–water partition coefficient (Wildman–Crippen LogP) is 4.19. The van der Waals surface area contributed by atoms with Crippen LogP contribution in [0.5, 0.6) is 0 Å². The predicted molar refractivity (Wildman–Crippen MR) is 122 cm³/mol. The maximum absolute atomic E-state index is 11.1. The minimum absolute atomic E-state index is 0.332. The number of amidine groups is 1. The molecule has 0 aliphatic carbocycles. The van der Waals surface area contributed by atoms with Crippen LogP contribution in [0.2, 0.25) is 0 Å². The summed E-state index contributed by atoms with van der Waals surface area (Å²) in [6, 6.07) is 24.2. The molecule has 2 aliphatic rings. The number of aliphatic imine (C=N–C) groups is 1. The second kappa shape index (κ2) is 8.36. The lowest BCUT2D eigenvalue weighted by molar-refractivity contribution is 0.0697. The Balaban J connectivity index is 1.33. The average Bonchev–Trinajstić information content (AvgIpc) is 2.97. The zero-order valence-corrected chi connectivity index (χ0v) is 17.4. The normalized spacial score (nSPS) is 16.1. The summed E-state index contributed by atoms with van der Waals surface area (Å²) in [5, 5.41) is 9.07. The second-order valence-electron chi connectivity index (χ2n) is 8.16. The van der Waals surface area contributed by atoms with Crippen molar-refractivity contribution in [1.29, 1.82) is 0 Å². The molecule has 2 heterocycles. The molecule has 0 spiro atoms. The maximum Gasteiger partial charge on any atom is 0.335 e. The van der Waals surface area contributed by atoms with Crippen molar-refractivity contribution in [3.05, 3.63) is 101 Å². The Morgan fingerprint density at radius 1 is 0.839 bits per heavy atom. The average molecular weight is 412 g/mol.